The number of nitrogens with zero attached hydrogens (tertiary/aromatic N) is 2. The number of aryl methyl sites for hydroxylation is 1. The first-order chi connectivity index (χ1) is 14.1. The molecule has 0 radical (unpaired) electrons. The van der Waals surface area contributed by atoms with E-state index >= 15 is 0 Å². The second-order valence-corrected chi connectivity index (χ2v) is 7.86. The van der Waals surface area contributed by atoms with Gasteiger partial charge in [0, 0.05) is 42.8 Å². The zero-order chi connectivity index (χ0) is 20.6. The van der Waals surface area contributed by atoms with E-state index < -0.39 is 0 Å². The lowest BCUT2D eigenvalue weighted by Crippen LogP contribution is -2.40. The Bertz CT molecular complexity index is 783. The van der Waals surface area contributed by atoms with Crippen molar-refractivity contribution in [3.8, 4) is 11.5 Å². The number of hydrogen-bond acceptors (Lipinski definition) is 5. The lowest BCUT2D eigenvalue weighted by atomic mass is 9.95. The van der Waals surface area contributed by atoms with Gasteiger partial charge in [-0.15, -0.1) is 0 Å². The van der Waals surface area contributed by atoms with Gasteiger partial charge in [-0.05, 0) is 70.5 Å². The zero-order valence-electron chi connectivity index (χ0n) is 17.2. The van der Waals surface area contributed by atoms with Crippen molar-refractivity contribution in [3.05, 3.63) is 40.7 Å². The molecule has 1 aromatic carbocycles. The molecule has 158 valence electrons. The lowest BCUT2D eigenvalue weighted by molar-refractivity contribution is -0.126. The minimum Gasteiger partial charge on any atom is -0.441 e. The van der Waals surface area contributed by atoms with E-state index in [2.05, 4.69) is 15.2 Å². The summed E-state index contributed by atoms with van der Waals surface area (Å²) in [6.45, 7) is 8.55. The predicted octanol–water partition coefficient (Wildman–Crippen LogP) is 4.06. The van der Waals surface area contributed by atoms with Crippen molar-refractivity contribution >= 4 is 17.5 Å². The molecule has 3 rings (SSSR count). The monoisotopic (exact) mass is 419 g/mol. The van der Waals surface area contributed by atoms with Crippen LogP contribution in [0.15, 0.2) is 28.7 Å². The van der Waals surface area contributed by atoms with Gasteiger partial charge < -0.3 is 14.5 Å². The fourth-order valence-corrected chi connectivity index (χ4v) is 3.66. The molecule has 29 heavy (non-hydrogen) atoms. The molecule has 1 aliphatic heterocycles. The maximum atomic E-state index is 12.3. The molecular weight excluding hydrogens is 390 g/mol. The van der Waals surface area contributed by atoms with Crippen LogP contribution in [0, 0.1) is 12.8 Å². The van der Waals surface area contributed by atoms with E-state index in [1.807, 2.05) is 38.1 Å². The predicted molar refractivity (Wildman–Crippen MR) is 114 cm³/mol. The third kappa shape index (κ3) is 6.29. The zero-order valence-corrected chi connectivity index (χ0v) is 18.0. The third-order valence-corrected chi connectivity index (χ3v) is 5.54. The molecule has 0 aliphatic carbocycles. The number of hydrogen-bond donors (Lipinski definition) is 1. The number of ether oxygens (including phenoxy) is 1. The number of nitrogens with one attached hydrogen (secondary N) is 1. The van der Waals surface area contributed by atoms with Gasteiger partial charge in [-0.2, -0.15) is 0 Å². The molecule has 2 heterocycles. The highest BCUT2D eigenvalue weighted by Gasteiger charge is 2.25. The maximum Gasteiger partial charge on any atom is 0.226 e. The van der Waals surface area contributed by atoms with E-state index in [1.54, 1.807) is 0 Å². The molecule has 0 atom stereocenters. The van der Waals surface area contributed by atoms with E-state index in [9.17, 15) is 4.79 Å². The average molecular weight is 420 g/mol. The summed E-state index contributed by atoms with van der Waals surface area (Å²) in [4.78, 5) is 19.3. The second-order valence-electron chi connectivity index (χ2n) is 7.42. The van der Waals surface area contributed by atoms with E-state index in [1.165, 1.54) is 0 Å². The summed E-state index contributed by atoms with van der Waals surface area (Å²) in [5, 5.41) is 3.73. The van der Waals surface area contributed by atoms with Crippen LogP contribution in [0.25, 0.3) is 11.5 Å². The van der Waals surface area contributed by atoms with Crippen molar-refractivity contribution in [3.63, 3.8) is 0 Å². The van der Waals surface area contributed by atoms with Gasteiger partial charge in [0.2, 0.25) is 11.8 Å². The van der Waals surface area contributed by atoms with Crippen molar-refractivity contribution in [1.82, 2.24) is 15.2 Å². The molecule has 0 spiro atoms. The molecule has 7 heteroatoms. The largest absolute Gasteiger partial charge is 0.441 e. The molecule has 1 N–H and O–H groups in total. The first-order valence-corrected chi connectivity index (χ1v) is 10.7. The Morgan fingerprint density at radius 2 is 2.03 bits per heavy atom. The Balaban J connectivity index is 1.46. The summed E-state index contributed by atoms with van der Waals surface area (Å²) in [5.41, 5.74) is 1.87. The van der Waals surface area contributed by atoms with E-state index in [0.29, 0.717) is 24.1 Å². The van der Waals surface area contributed by atoms with Crippen LogP contribution in [0.2, 0.25) is 5.02 Å². The Morgan fingerprint density at radius 3 is 2.72 bits per heavy atom. The highest BCUT2D eigenvalue weighted by Crippen LogP contribution is 2.25. The number of carbonyl (C=O) groups is 1. The average Bonchev–Trinajstić information content (AvgIpc) is 3.09. The molecule has 2 aromatic rings. The number of rotatable bonds is 9. The molecule has 0 unspecified atom stereocenters. The van der Waals surface area contributed by atoms with Gasteiger partial charge in [-0.25, -0.2) is 4.98 Å². The van der Waals surface area contributed by atoms with Crippen LogP contribution in [-0.2, 0) is 16.1 Å². The van der Waals surface area contributed by atoms with Crippen LogP contribution in [0.5, 0.6) is 0 Å². The number of halogens is 1. The number of benzene rings is 1. The topological polar surface area (TPSA) is 67.6 Å². The summed E-state index contributed by atoms with van der Waals surface area (Å²) >= 11 is 5.95. The van der Waals surface area contributed by atoms with E-state index in [-0.39, 0.29) is 11.8 Å². The van der Waals surface area contributed by atoms with Crippen molar-refractivity contribution in [2.75, 3.05) is 32.8 Å². The molecule has 1 aromatic heterocycles. The molecule has 1 aliphatic rings. The first kappa shape index (κ1) is 21.8. The Hall–Kier alpha value is -1.89. The summed E-state index contributed by atoms with van der Waals surface area (Å²) in [5.74, 6) is 1.73. The summed E-state index contributed by atoms with van der Waals surface area (Å²) in [6, 6.07) is 7.50. The first-order valence-electron chi connectivity index (χ1n) is 10.4. The van der Waals surface area contributed by atoms with Crippen LogP contribution in [0.4, 0.5) is 0 Å². The molecule has 1 saturated heterocycles. The van der Waals surface area contributed by atoms with Crippen molar-refractivity contribution in [1.29, 1.82) is 0 Å². The summed E-state index contributed by atoms with van der Waals surface area (Å²) < 4.78 is 11.2. The van der Waals surface area contributed by atoms with Gasteiger partial charge in [0.15, 0.2) is 0 Å². The van der Waals surface area contributed by atoms with Crippen LogP contribution >= 0.6 is 11.6 Å². The van der Waals surface area contributed by atoms with Gasteiger partial charge in [-0.3, -0.25) is 9.69 Å². The number of aromatic nitrogens is 1. The van der Waals surface area contributed by atoms with Gasteiger partial charge in [0.25, 0.3) is 0 Å². The fraction of sp³-hybridized carbons (Fsp3) is 0.545. The minimum atomic E-state index is 0.0985. The van der Waals surface area contributed by atoms with E-state index in [0.717, 1.165) is 62.5 Å². The number of amides is 1. The quantitative estimate of drug-likeness (QED) is 0.621. The van der Waals surface area contributed by atoms with Crippen molar-refractivity contribution in [2.45, 2.75) is 39.7 Å². The summed E-state index contributed by atoms with van der Waals surface area (Å²) in [6.07, 6.45) is 2.61. The van der Waals surface area contributed by atoms with E-state index in [4.69, 9.17) is 20.8 Å². The van der Waals surface area contributed by atoms with Gasteiger partial charge in [-0.1, -0.05) is 11.6 Å². The molecule has 0 bridgehead atoms. The van der Waals surface area contributed by atoms with Crippen LogP contribution in [-0.4, -0.2) is 48.6 Å². The van der Waals surface area contributed by atoms with Gasteiger partial charge in [0.05, 0.1) is 5.69 Å². The highest BCUT2D eigenvalue weighted by molar-refractivity contribution is 6.30. The molecule has 0 saturated carbocycles. The molecule has 1 fully saturated rings. The minimum absolute atomic E-state index is 0.0985. The Labute approximate surface area is 177 Å². The highest BCUT2D eigenvalue weighted by atomic mass is 35.5. The number of carbonyl (C=O) groups excluding carboxylic acids is 1. The van der Waals surface area contributed by atoms with Crippen LogP contribution in [0.1, 0.15) is 37.6 Å². The van der Waals surface area contributed by atoms with Crippen molar-refractivity contribution < 1.29 is 13.9 Å². The van der Waals surface area contributed by atoms with Crippen LogP contribution < -0.4 is 5.32 Å². The van der Waals surface area contributed by atoms with Gasteiger partial charge >= 0.3 is 0 Å². The molecule has 6 nitrogen and oxygen atoms in total. The smallest absolute Gasteiger partial charge is 0.226 e. The maximum absolute atomic E-state index is 12.3. The van der Waals surface area contributed by atoms with Gasteiger partial charge in [0.1, 0.15) is 5.76 Å². The molecule has 1 amide bonds. The lowest BCUT2D eigenvalue weighted by Gasteiger charge is -2.30. The third-order valence-electron chi connectivity index (χ3n) is 5.28. The SMILES string of the molecule is CCOCCCNC(=O)C1CCN(Cc2nc(-c3ccc(Cl)cc3)oc2C)CC1. The Kier molecular flexibility index (Phi) is 8.09. The number of likely N-dealkylation sites (tertiary alicyclic amines) is 1. The fourth-order valence-electron chi connectivity index (χ4n) is 3.53. The standard InChI is InChI=1S/C22H30ClN3O3/c1-3-28-14-4-11-24-21(27)17-9-12-26(13-10-17)15-20-16(2)29-22(25-20)18-5-7-19(23)8-6-18/h5-8,17H,3-4,9-15H2,1-2H3,(H,24,27). The summed E-state index contributed by atoms with van der Waals surface area (Å²) in [7, 11) is 0. The van der Waals surface area contributed by atoms with Crippen LogP contribution in [0.3, 0.4) is 0 Å². The van der Waals surface area contributed by atoms with Crippen molar-refractivity contribution in [2.24, 2.45) is 5.92 Å². The normalized spacial score (nSPS) is 15.6. The number of oxazole rings is 1. The number of piperidine rings is 1. The molecular formula is C22H30ClN3O3. The Morgan fingerprint density at radius 1 is 1.31 bits per heavy atom. The second kappa shape index (κ2) is 10.8.